The quantitative estimate of drug-likeness (QED) is 0.402. The van der Waals surface area contributed by atoms with E-state index < -0.39 is 11.9 Å². The first-order chi connectivity index (χ1) is 18.5. The number of fused-ring (bicyclic) bond motifs is 5. The van der Waals surface area contributed by atoms with E-state index in [1.165, 1.54) is 71.1 Å². The molecule has 4 bridgehead atoms. The van der Waals surface area contributed by atoms with Crippen molar-refractivity contribution < 1.29 is 14.7 Å². The molecule has 4 unspecified atom stereocenters. The second-order valence-electron chi connectivity index (χ2n) is 12.1. The van der Waals surface area contributed by atoms with E-state index >= 15 is 0 Å². The average molecular weight is 521 g/mol. The van der Waals surface area contributed by atoms with Gasteiger partial charge in [-0.25, -0.2) is 4.98 Å². The summed E-state index contributed by atoms with van der Waals surface area (Å²) in [5.74, 6) is -0.364. The van der Waals surface area contributed by atoms with Gasteiger partial charge in [0, 0.05) is 36.8 Å². The summed E-state index contributed by atoms with van der Waals surface area (Å²) >= 11 is 0. The standard InChI is InChI=1S/C30H40N4O4/c1-38-31-13-12-25(30(36)37)28-29(35)34(27-9-5-4-8-26(27)32-28)24-17-21-10-11-22(18-24)33(21)23-15-19-6-2-3-7-20(14-19)16-23/h4-5,8-9,13,19-25H,2-3,6-7,10-12,14-18H2,1H3,(H,36,37)/t19?,20?,21-,22?,23?,24+,25?/m1/s1. The van der Waals surface area contributed by atoms with Crippen LogP contribution in [0.2, 0.25) is 0 Å². The minimum absolute atomic E-state index is 0.0517. The van der Waals surface area contributed by atoms with Gasteiger partial charge in [0.2, 0.25) is 0 Å². The molecule has 0 amide bonds. The van der Waals surface area contributed by atoms with Gasteiger partial charge in [0.15, 0.2) is 0 Å². The number of hydrogen-bond acceptors (Lipinski definition) is 6. The average Bonchev–Trinajstić information content (AvgIpc) is 3.06. The Morgan fingerprint density at radius 2 is 1.71 bits per heavy atom. The fourth-order valence-electron chi connectivity index (χ4n) is 8.42. The molecule has 1 aromatic carbocycles. The molecule has 8 heteroatoms. The summed E-state index contributed by atoms with van der Waals surface area (Å²) in [6.45, 7) is 0. The van der Waals surface area contributed by atoms with E-state index in [1.54, 1.807) is 0 Å². The van der Waals surface area contributed by atoms with Gasteiger partial charge < -0.3 is 14.5 Å². The van der Waals surface area contributed by atoms with E-state index in [2.05, 4.69) is 15.0 Å². The van der Waals surface area contributed by atoms with Gasteiger partial charge >= 0.3 is 5.97 Å². The second kappa shape index (κ2) is 10.8. The fraction of sp³-hybridized carbons (Fsp3) is 0.667. The third kappa shape index (κ3) is 4.76. The van der Waals surface area contributed by atoms with Crippen LogP contribution in [0.4, 0.5) is 0 Å². The summed E-state index contributed by atoms with van der Waals surface area (Å²) in [7, 11) is 1.41. The summed E-state index contributed by atoms with van der Waals surface area (Å²) in [5.41, 5.74) is 1.29. The van der Waals surface area contributed by atoms with Crippen LogP contribution in [0.1, 0.15) is 94.7 Å². The van der Waals surface area contributed by atoms with Crippen LogP contribution in [0.3, 0.4) is 0 Å². The Hall–Kier alpha value is -2.74. The topological polar surface area (TPSA) is 97.0 Å². The zero-order valence-corrected chi connectivity index (χ0v) is 22.4. The molecule has 4 fully saturated rings. The Balaban J connectivity index is 1.32. The normalized spacial score (nSPS) is 32.3. The van der Waals surface area contributed by atoms with Crippen LogP contribution in [-0.2, 0) is 9.63 Å². The lowest BCUT2D eigenvalue weighted by Gasteiger charge is -2.48. The first-order valence-corrected chi connectivity index (χ1v) is 14.6. The van der Waals surface area contributed by atoms with E-state index in [1.807, 2.05) is 28.8 Å². The van der Waals surface area contributed by atoms with Crippen molar-refractivity contribution in [3.8, 4) is 0 Å². The van der Waals surface area contributed by atoms with Crippen LogP contribution in [0.5, 0.6) is 0 Å². The van der Waals surface area contributed by atoms with Gasteiger partial charge in [0.25, 0.3) is 5.56 Å². The molecule has 4 aliphatic rings. The molecule has 0 radical (unpaired) electrons. The molecule has 0 spiro atoms. The summed E-state index contributed by atoms with van der Waals surface area (Å²) < 4.78 is 1.89. The SMILES string of the molecule is CON=CCC(C(=O)O)c1nc2ccccc2n([C@@H]2CC3CC[C@H](C2)N3C2CC3CCCCC(C3)C2)c1=O. The number of benzene rings is 1. The Bertz CT molecular complexity index is 1230. The molecule has 8 nitrogen and oxygen atoms in total. The van der Waals surface area contributed by atoms with Crippen LogP contribution in [0, 0.1) is 11.8 Å². The third-order valence-corrected chi connectivity index (χ3v) is 9.87. The second-order valence-corrected chi connectivity index (χ2v) is 12.1. The summed E-state index contributed by atoms with van der Waals surface area (Å²) in [4.78, 5) is 38.4. The molecule has 6 atom stereocenters. The van der Waals surface area contributed by atoms with Crippen molar-refractivity contribution in [2.75, 3.05) is 7.11 Å². The number of nitrogens with zero attached hydrogens (tertiary/aromatic N) is 4. The molecule has 38 heavy (non-hydrogen) atoms. The molecule has 204 valence electrons. The van der Waals surface area contributed by atoms with Gasteiger partial charge in [-0.15, -0.1) is 0 Å². The van der Waals surface area contributed by atoms with Crippen LogP contribution in [0.25, 0.3) is 11.0 Å². The first kappa shape index (κ1) is 25.5. The molecular formula is C30H40N4O4. The van der Waals surface area contributed by atoms with Crippen molar-refractivity contribution in [1.82, 2.24) is 14.5 Å². The minimum Gasteiger partial charge on any atom is -0.481 e. The van der Waals surface area contributed by atoms with Crippen LogP contribution in [0.15, 0.2) is 34.2 Å². The number of rotatable bonds is 7. The third-order valence-electron chi connectivity index (χ3n) is 9.87. The maximum Gasteiger partial charge on any atom is 0.313 e. The number of carbonyl (C=O) groups is 1. The lowest BCUT2D eigenvalue weighted by atomic mass is 9.76. The molecule has 2 aromatic rings. The highest BCUT2D eigenvalue weighted by Crippen LogP contribution is 2.48. The Labute approximate surface area is 224 Å². The molecular weight excluding hydrogens is 480 g/mol. The smallest absolute Gasteiger partial charge is 0.313 e. The molecule has 1 aromatic heterocycles. The van der Waals surface area contributed by atoms with E-state index in [0.717, 1.165) is 30.2 Å². The van der Waals surface area contributed by atoms with Crippen molar-refractivity contribution >= 4 is 23.2 Å². The number of aromatic nitrogens is 2. The first-order valence-electron chi connectivity index (χ1n) is 14.6. The molecule has 2 saturated carbocycles. The van der Waals surface area contributed by atoms with Gasteiger partial charge in [-0.1, -0.05) is 43.0 Å². The zero-order chi connectivity index (χ0) is 26.2. The molecule has 3 heterocycles. The van der Waals surface area contributed by atoms with E-state index in [-0.39, 0.29) is 23.7 Å². The number of piperidine rings is 1. The number of para-hydroxylation sites is 2. The number of carboxylic acids is 1. The van der Waals surface area contributed by atoms with Crippen LogP contribution < -0.4 is 5.56 Å². The minimum atomic E-state index is -1.08. The fourth-order valence-corrected chi connectivity index (χ4v) is 8.42. The number of carboxylic acid groups (broad SMARTS) is 1. The van der Waals surface area contributed by atoms with Gasteiger partial charge in [0.05, 0.1) is 11.0 Å². The molecule has 6 rings (SSSR count). The van der Waals surface area contributed by atoms with Gasteiger partial charge in [-0.05, 0) is 68.9 Å². The molecule has 2 saturated heterocycles. The van der Waals surface area contributed by atoms with Gasteiger partial charge in [-0.2, -0.15) is 0 Å². The van der Waals surface area contributed by atoms with Crippen LogP contribution >= 0.6 is 0 Å². The van der Waals surface area contributed by atoms with Crippen molar-refractivity contribution in [2.24, 2.45) is 17.0 Å². The Kier molecular flexibility index (Phi) is 7.25. The monoisotopic (exact) mass is 520 g/mol. The van der Waals surface area contributed by atoms with E-state index in [9.17, 15) is 14.7 Å². The molecule has 2 aliphatic heterocycles. The Morgan fingerprint density at radius 3 is 2.37 bits per heavy atom. The Morgan fingerprint density at radius 1 is 1.03 bits per heavy atom. The van der Waals surface area contributed by atoms with Gasteiger partial charge in [-0.3, -0.25) is 14.5 Å². The highest BCUT2D eigenvalue weighted by Gasteiger charge is 2.47. The highest BCUT2D eigenvalue weighted by atomic mass is 16.6. The van der Waals surface area contributed by atoms with E-state index in [0.29, 0.717) is 23.6 Å². The predicted octanol–water partition coefficient (Wildman–Crippen LogP) is 5.11. The van der Waals surface area contributed by atoms with Crippen molar-refractivity contribution in [2.45, 2.75) is 107 Å². The largest absolute Gasteiger partial charge is 0.481 e. The summed E-state index contributed by atoms with van der Waals surface area (Å²) in [5, 5.41) is 13.7. The zero-order valence-electron chi connectivity index (χ0n) is 22.4. The predicted molar refractivity (Wildman–Crippen MR) is 147 cm³/mol. The van der Waals surface area contributed by atoms with Gasteiger partial charge in [0.1, 0.15) is 18.7 Å². The lowest BCUT2D eigenvalue weighted by molar-refractivity contribution is -0.138. The van der Waals surface area contributed by atoms with E-state index in [4.69, 9.17) is 4.84 Å². The summed E-state index contributed by atoms with van der Waals surface area (Å²) in [6.07, 6.45) is 15.5. The maximum atomic E-state index is 14.0. The number of hydrogen-bond donors (Lipinski definition) is 1. The lowest BCUT2D eigenvalue weighted by Crippen LogP contribution is -2.52. The highest BCUT2D eigenvalue weighted by molar-refractivity contribution is 5.81. The molecule has 2 aliphatic carbocycles. The van der Waals surface area contributed by atoms with Crippen molar-refractivity contribution in [3.05, 3.63) is 40.3 Å². The summed E-state index contributed by atoms with van der Waals surface area (Å²) in [6, 6.07) is 9.40. The van der Waals surface area contributed by atoms with Crippen molar-refractivity contribution in [1.29, 1.82) is 0 Å². The van der Waals surface area contributed by atoms with Crippen molar-refractivity contribution in [3.63, 3.8) is 0 Å². The number of aliphatic carboxylic acids is 1. The van der Waals surface area contributed by atoms with Crippen LogP contribution in [-0.4, -0.2) is 57.0 Å². The molecule has 1 N–H and O–H groups in total. The number of oxime groups is 1. The maximum absolute atomic E-state index is 14.0.